The SMILES string of the molecule is C/C(=N\NC(=O)COc1ccccc1)c1cccc(NC(=O)C(C)(C)C)c1. The molecule has 0 aliphatic carbocycles. The van der Waals surface area contributed by atoms with Crippen molar-refractivity contribution in [3.63, 3.8) is 0 Å². The number of carbonyl (C=O) groups excluding carboxylic acids is 2. The highest BCUT2D eigenvalue weighted by Crippen LogP contribution is 2.18. The highest BCUT2D eigenvalue weighted by Gasteiger charge is 2.21. The van der Waals surface area contributed by atoms with Crippen molar-refractivity contribution in [2.45, 2.75) is 27.7 Å². The fraction of sp³-hybridized carbons (Fsp3) is 0.286. The van der Waals surface area contributed by atoms with Gasteiger partial charge in [0.15, 0.2) is 6.61 Å². The van der Waals surface area contributed by atoms with E-state index in [2.05, 4.69) is 15.8 Å². The van der Waals surface area contributed by atoms with E-state index in [0.717, 1.165) is 5.56 Å². The van der Waals surface area contributed by atoms with Crippen LogP contribution in [0, 0.1) is 5.41 Å². The Balaban J connectivity index is 1.94. The van der Waals surface area contributed by atoms with Crippen LogP contribution in [-0.4, -0.2) is 24.1 Å². The molecular formula is C21H25N3O3. The van der Waals surface area contributed by atoms with Gasteiger partial charge in [0.1, 0.15) is 5.75 Å². The van der Waals surface area contributed by atoms with Crippen molar-refractivity contribution in [2.24, 2.45) is 10.5 Å². The highest BCUT2D eigenvalue weighted by molar-refractivity contribution is 6.01. The Labute approximate surface area is 159 Å². The van der Waals surface area contributed by atoms with Gasteiger partial charge >= 0.3 is 0 Å². The topological polar surface area (TPSA) is 79.8 Å². The Kier molecular flexibility index (Phi) is 6.71. The summed E-state index contributed by atoms with van der Waals surface area (Å²) in [4.78, 5) is 24.0. The molecular weight excluding hydrogens is 342 g/mol. The Morgan fingerprint density at radius 2 is 1.74 bits per heavy atom. The average molecular weight is 367 g/mol. The van der Waals surface area contributed by atoms with Gasteiger partial charge in [-0.3, -0.25) is 9.59 Å². The van der Waals surface area contributed by atoms with Crippen LogP contribution in [0.15, 0.2) is 59.7 Å². The van der Waals surface area contributed by atoms with Crippen molar-refractivity contribution < 1.29 is 14.3 Å². The first-order chi connectivity index (χ1) is 12.8. The maximum absolute atomic E-state index is 12.1. The minimum atomic E-state index is -0.480. The molecule has 27 heavy (non-hydrogen) atoms. The summed E-state index contributed by atoms with van der Waals surface area (Å²) in [6.07, 6.45) is 0. The molecule has 0 fully saturated rings. The molecule has 142 valence electrons. The number of benzene rings is 2. The van der Waals surface area contributed by atoms with Crippen LogP contribution in [0.1, 0.15) is 33.3 Å². The maximum Gasteiger partial charge on any atom is 0.277 e. The number of nitrogens with one attached hydrogen (secondary N) is 2. The van der Waals surface area contributed by atoms with Gasteiger partial charge in [-0.15, -0.1) is 0 Å². The predicted octanol–water partition coefficient (Wildman–Crippen LogP) is 3.59. The average Bonchev–Trinajstić information content (AvgIpc) is 2.64. The molecule has 0 spiro atoms. The molecule has 0 unspecified atom stereocenters. The number of hydrogen-bond acceptors (Lipinski definition) is 4. The van der Waals surface area contributed by atoms with Gasteiger partial charge in [0.25, 0.3) is 5.91 Å². The van der Waals surface area contributed by atoms with Crippen molar-refractivity contribution >= 4 is 23.2 Å². The van der Waals surface area contributed by atoms with Crippen LogP contribution in [0.4, 0.5) is 5.69 Å². The number of hydrazone groups is 1. The van der Waals surface area contributed by atoms with Gasteiger partial charge in [0, 0.05) is 11.1 Å². The largest absolute Gasteiger partial charge is 0.484 e. The Hall–Kier alpha value is -3.15. The van der Waals surface area contributed by atoms with Gasteiger partial charge in [-0.1, -0.05) is 51.1 Å². The van der Waals surface area contributed by atoms with Crippen LogP contribution in [0.2, 0.25) is 0 Å². The molecule has 0 atom stereocenters. The molecule has 0 aliphatic rings. The molecule has 6 heteroatoms. The van der Waals surface area contributed by atoms with Gasteiger partial charge in [-0.2, -0.15) is 5.10 Å². The van der Waals surface area contributed by atoms with E-state index in [4.69, 9.17) is 4.74 Å². The summed E-state index contributed by atoms with van der Waals surface area (Å²) in [6, 6.07) is 16.4. The van der Waals surface area contributed by atoms with E-state index in [1.54, 1.807) is 19.1 Å². The van der Waals surface area contributed by atoms with Crippen LogP contribution in [0.5, 0.6) is 5.75 Å². The molecule has 2 aromatic carbocycles. The smallest absolute Gasteiger partial charge is 0.277 e. The van der Waals surface area contributed by atoms with E-state index in [0.29, 0.717) is 17.1 Å². The van der Waals surface area contributed by atoms with E-state index in [9.17, 15) is 9.59 Å². The first-order valence-electron chi connectivity index (χ1n) is 8.68. The molecule has 0 radical (unpaired) electrons. The summed E-state index contributed by atoms with van der Waals surface area (Å²) in [5.41, 5.74) is 4.09. The lowest BCUT2D eigenvalue weighted by Crippen LogP contribution is -2.27. The number of carbonyl (C=O) groups is 2. The number of amides is 2. The molecule has 2 N–H and O–H groups in total. The molecule has 2 rings (SSSR count). The third-order valence-electron chi connectivity index (χ3n) is 3.68. The normalized spacial score (nSPS) is 11.6. The fourth-order valence-electron chi connectivity index (χ4n) is 2.05. The van der Waals surface area contributed by atoms with Crippen LogP contribution >= 0.6 is 0 Å². The number of rotatable bonds is 6. The lowest BCUT2D eigenvalue weighted by Gasteiger charge is -2.18. The molecule has 2 amide bonds. The molecule has 0 saturated heterocycles. The van der Waals surface area contributed by atoms with Crippen LogP contribution in [-0.2, 0) is 9.59 Å². The number of para-hydroxylation sites is 1. The molecule has 0 aromatic heterocycles. The monoisotopic (exact) mass is 367 g/mol. The first kappa shape index (κ1) is 20.2. The zero-order valence-corrected chi connectivity index (χ0v) is 16.1. The second kappa shape index (κ2) is 8.98. The Morgan fingerprint density at radius 3 is 2.41 bits per heavy atom. The Morgan fingerprint density at radius 1 is 1.04 bits per heavy atom. The van der Waals surface area contributed by atoms with Gasteiger partial charge < -0.3 is 10.1 Å². The number of nitrogens with zero attached hydrogens (tertiary/aromatic N) is 1. The van der Waals surface area contributed by atoms with E-state index in [1.165, 1.54) is 0 Å². The molecule has 6 nitrogen and oxygen atoms in total. The summed E-state index contributed by atoms with van der Waals surface area (Å²) < 4.78 is 5.37. The minimum absolute atomic E-state index is 0.0689. The van der Waals surface area contributed by atoms with Crippen LogP contribution < -0.4 is 15.5 Å². The number of hydrogen-bond donors (Lipinski definition) is 2. The molecule has 2 aromatic rings. The van der Waals surface area contributed by atoms with Gasteiger partial charge in [-0.25, -0.2) is 5.43 Å². The van der Waals surface area contributed by atoms with E-state index < -0.39 is 5.41 Å². The molecule has 0 saturated carbocycles. The number of ether oxygens (including phenoxy) is 1. The Bertz CT molecular complexity index is 824. The van der Waals surface area contributed by atoms with Crippen molar-refractivity contribution in [1.29, 1.82) is 0 Å². The van der Waals surface area contributed by atoms with Crippen molar-refractivity contribution in [3.05, 3.63) is 60.2 Å². The quantitative estimate of drug-likeness (QED) is 0.605. The van der Waals surface area contributed by atoms with Gasteiger partial charge in [0.05, 0.1) is 5.71 Å². The first-order valence-corrected chi connectivity index (χ1v) is 8.68. The van der Waals surface area contributed by atoms with Crippen LogP contribution in [0.3, 0.4) is 0 Å². The molecule has 0 bridgehead atoms. The zero-order valence-electron chi connectivity index (χ0n) is 16.1. The summed E-state index contributed by atoms with van der Waals surface area (Å²) in [5.74, 6) is 0.201. The predicted molar refractivity (Wildman–Crippen MR) is 107 cm³/mol. The highest BCUT2D eigenvalue weighted by atomic mass is 16.5. The van der Waals surface area contributed by atoms with E-state index in [-0.39, 0.29) is 18.4 Å². The minimum Gasteiger partial charge on any atom is -0.484 e. The van der Waals surface area contributed by atoms with Crippen molar-refractivity contribution in [1.82, 2.24) is 5.43 Å². The second-order valence-electron chi connectivity index (χ2n) is 7.12. The maximum atomic E-state index is 12.1. The van der Waals surface area contributed by atoms with Gasteiger partial charge in [0.2, 0.25) is 5.91 Å². The third kappa shape index (κ3) is 6.58. The fourth-order valence-corrected chi connectivity index (χ4v) is 2.05. The van der Waals surface area contributed by atoms with Crippen molar-refractivity contribution in [2.75, 3.05) is 11.9 Å². The lowest BCUT2D eigenvalue weighted by molar-refractivity contribution is -0.123. The summed E-state index contributed by atoms with van der Waals surface area (Å²) in [5, 5.41) is 6.98. The second-order valence-corrected chi connectivity index (χ2v) is 7.12. The van der Waals surface area contributed by atoms with E-state index in [1.807, 2.05) is 63.2 Å². The van der Waals surface area contributed by atoms with Crippen molar-refractivity contribution in [3.8, 4) is 5.75 Å². The van der Waals surface area contributed by atoms with E-state index >= 15 is 0 Å². The number of anilines is 1. The zero-order chi connectivity index (χ0) is 19.9. The van der Waals surface area contributed by atoms with Crippen LogP contribution in [0.25, 0.3) is 0 Å². The standard InChI is InChI=1S/C21H25N3O3/c1-15(23-24-19(25)14-27-18-11-6-5-7-12-18)16-9-8-10-17(13-16)22-20(26)21(2,3)4/h5-13H,14H2,1-4H3,(H,22,26)(H,24,25)/b23-15+. The molecule has 0 heterocycles. The summed E-state index contributed by atoms with van der Waals surface area (Å²) in [6.45, 7) is 7.22. The lowest BCUT2D eigenvalue weighted by atomic mass is 9.95. The summed E-state index contributed by atoms with van der Waals surface area (Å²) >= 11 is 0. The third-order valence-corrected chi connectivity index (χ3v) is 3.68. The summed E-state index contributed by atoms with van der Waals surface area (Å²) in [7, 11) is 0. The molecule has 0 aliphatic heterocycles. The van der Waals surface area contributed by atoms with Gasteiger partial charge in [-0.05, 0) is 36.8 Å².